The highest BCUT2D eigenvalue weighted by Gasteiger charge is 2.84. The van der Waals surface area contributed by atoms with Gasteiger partial charge in [0.25, 0.3) is 0 Å². The molecule has 246 valence electrons. The first-order valence-electron chi connectivity index (χ1n) is 15.3. The van der Waals surface area contributed by atoms with Crippen molar-refractivity contribution in [2.24, 2.45) is 17.3 Å². The number of esters is 5. The quantitative estimate of drug-likeness (QED) is 0.305. The molecule has 46 heavy (non-hydrogen) atoms. The van der Waals surface area contributed by atoms with Crippen LogP contribution in [0.4, 0.5) is 0 Å². The van der Waals surface area contributed by atoms with Crippen LogP contribution in [0.1, 0.15) is 75.1 Å². The van der Waals surface area contributed by atoms with Crippen LogP contribution in [0.25, 0.3) is 0 Å². The van der Waals surface area contributed by atoms with Crippen LogP contribution in [0.5, 0.6) is 0 Å². The van der Waals surface area contributed by atoms with Gasteiger partial charge >= 0.3 is 29.8 Å². The van der Waals surface area contributed by atoms with Crippen LogP contribution in [-0.2, 0) is 42.8 Å². The van der Waals surface area contributed by atoms with Gasteiger partial charge in [0.05, 0.1) is 22.6 Å². The Morgan fingerprint density at radius 2 is 1.46 bits per heavy atom. The SMILES string of the molecule is CC(=O)O[C@@H]1[C@@H]2[C@@H](OC(=O)c3ccccc3)[C@]3(OC2(C)C)[C@H](C)CC[C@H](OC(C)=O)[C@@]3(COC(=O)c2cccnc2)[C@@H]1OC(C)=O. The largest absolute Gasteiger partial charge is 0.462 e. The Morgan fingerprint density at radius 3 is 2.07 bits per heavy atom. The van der Waals surface area contributed by atoms with Crippen LogP contribution in [0.15, 0.2) is 54.9 Å². The predicted molar refractivity (Wildman–Crippen MR) is 159 cm³/mol. The normalized spacial score (nSPS) is 32.3. The van der Waals surface area contributed by atoms with Gasteiger partial charge in [0, 0.05) is 33.2 Å². The van der Waals surface area contributed by atoms with E-state index in [4.69, 9.17) is 28.4 Å². The lowest BCUT2D eigenvalue weighted by atomic mass is 9.47. The van der Waals surface area contributed by atoms with Crippen LogP contribution in [0.2, 0.25) is 0 Å². The maximum Gasteiger partial charge on any atom is 0.339 e. The van der Waals surface area contributed by atoms with Gasteiger partial charge in [-0.1, -0.05) is 25.1 Å². The average molecular weight is 638 g/mol. The zero-order valence-electron chi connectivity index (χ0n) is 26.7. The van der Waals surface area contributed by atoms with Crippen molar-refractivity contribution in [3.05, 3.63) is 66.0 Å². The Bertz CT molecular complexity index is 1490. The van der Waals surface area contributed by atoms with Crippen LogP contribution in [0.3, 0.4) is 0 Å². The summed E-state index contributed by atoms with van der Waals surface area (Å²) in [4.78, 5) is 69.5. The van der Waals surface area contributed by atoms with Crippen molar-refractivity contribution in [3.63, 3.8) is 0 Å². The van der Waals surface area contributed by atoms with Gasteiger partial charge in [-0.3, -0.25) is 19.4 Å². The molecular formula is C34H39NO11. The molecule has 0 radical (unpaired) electrons. The van der Waals surface area contributed by atoms with Crippen molar-refractivity contribution >= 4 is 29.8 Å². The Kier molecular flexibility index (Phi) is 8.96. The summed E-state index contributed by atoms with van der Waals surface area (Å²) in [6.45, 7) is 8.59. The fraction of sp³-hybridized carbons (Fsp3) is 0.529. The zero-order valence-corrected chi connectivity index (χ0v) is 26.7. The summed E-state index contributed by atoms with van der Waals surface area (Å²) >= 11 is 0. The van der Waals surface area contributed by atoms with Crippen LogP contribution < -0.4 is 0 Å². The molecule has 2 saturated carbocycles. The minimum absolute atomic E-state index is 0.148. The summed E-state index contributed by atoms with van der Waals surface area (Å²) < 4.78 is 37.4. The number of aromatic nitrogens is 1. The fourth-order valence-electron chi connectivity index (χ4n) is 7.97. The molecule has 2 heterocycles. The molecule has 12 heteroatoms. The zero-order chi connectivity index (χ0) is 33.4. The molecule has 0 amide bonds. The molecule has 12 nitrogen and oxygen atoms in total. The number of hydrogen-bond acceptors (Lipinski definition) is 12. The number of ether oxygens (including phenoxy) is 6. The molecule has 2 aromatic rings. The minimum atomic E-state index is -1.72. The molecule has 3 aliphatic rings. The third-order valence-electron chi connectivity index (χ3n) is 9.53. The summed E-state index contributed by atoms with van der Waals surface area (Å²) in [7, 11) is 0. The Labute approximate surface area is 267 Å². The number of carbonyl (C=O) groups is 5. The van der Waals surface area contributed by atoms with Gasteiger partial charge in [0.2, 0.25) is 0 Å². The standard InChI is InChI=1S/C34H39NO11/c1-19-14-15-25(42-20(2)36)33(18-41-30(39)24-13-10-16-35-17-24)29(44-22(4)38)27(43-21(3)37)26-28(34(19,33)46-32(26,5)6)45-31(40)23-11-8-7-9-12-23/h7-13,16-17,19,25-29H,14-15,18H2,1-6H3/t19-,25+,26-,27-,28-,29-,33+,34-/m1/s1. The van der Waals surface area contributed by atoms with Crippen LogP contribution >= 0.6 is 0 Å². The van der Waals surface area contributed by atoms with Crippen molar-refractivity contribution in [3.8, 4) is 0 Å². The third-order valence-corrected chi connectivity index (χ3v) is 9.53. The monoisotopic (exact) mass is 637 g/mol. The van der Waals surface area contributed by atoms with Gasteiger partial charge in [-0.2, -0.15) is 0 Å². The molecular weight excluding hydrogens is 598 g/mol. The van der Waals surface area contributed by atoms with E-state index in [0.717, 1.165) is 0 Å². The minimum Gasteiger partial charge on any atom is -0.462 e. The number of pyridine rings is 1. The summed E-state index contributed by atoms with van der Waals surface area (Å²) in [6, 6.07) is 11.5. The van der Waals surface area contributed by atoms with E-state index in [0.29, 0.717) is 6.42 Å². The van der Waals surface area contributed by atoms with Crippen molar-refractivity contribution in [1.82, 2.24) is 4.98 Å². The molecule has 1 aromatic carbocycles. The van der Waals surface area contributed by atoms with Crippen molar-refractivity contribution < 1.29 is 52.4 Å². The second-order valence-corrected chi connectivity index (χ2v) is 12.8. The van der Waals surface area contributed by atoms with Gasteiger partial charge in [0.15, 0.2) is 6.10 Å². The second kappa shape index (κ2) is 12.5. The van der Waals surface area contributed by atoms with Gasteiger partial charge in [-0.05, 0) is 56.9 Å². The Morgan fingerprint density at radius 1 is 0.804 bits per heavy atom. The molecule has 8 atom stereocenters. The maximum atomic E-state index is 13.8. The molecule has 1 spiro atoms. The molecule has 1 saturated heterocycles. The van der Waals surface area contributed by atoms with Crippen molar-refractivity contribution in [1.29, 1.82) is 0 Å². The van der Waals surface area contributed by atoms with Gasteiger partial charge in [-0.15, -0.1) is 0 Å². The number of nitrogens with zero attached hydrogens (tertiary/aromatic N) is 1. The van der Waals surface area contributed by atoms with E-state index >= 15 is 0 Å². The highest BCUT2D eigenvalue weighted by Crippen LogP contribution is 2.68. The molecule has 3 fully saturated rings. The number of fused-ring (bicyclic) bond motifs is 1. The number of benzene rings is 1. The third kappa shape index (κ3) is 5.52. The molecule has 1 aromatic heterocycles. The molecule has 2 bridgehead atoms. The number of hydrogen-bond donors (Lipinski definition) is 0. The molecule has 5 rings (SSSR count). The first-order valence-corrected chi connectivity index (χ1v) is 15.3. The van der Waals surface area contributed by atoms with E-state index in [1.54, 1.807) is 50.2 Å². The summed E-state index contributed by atoms with van der Waals surface area (Å²) in [5.74, 6) is -4.74. The first kappa shape index (κ1) is 33.1. The van der Waals surface area contributed by atoms with E-state index in [1.165, 1.54) is 39.2 Å². The van der Waals surface area contributed by atoms with E-state index in [1.807, 2.05) is 6.92 Å². The topological polar surface area (TPSA) is 154 Å². The van der Waals surface area contributed by atoms with Crippen molar-refractivity contribution in [2.75, 3.05) is 6.61 Å². The van der Waals surface area contributed by atoms with Gasteiger partial charge in [0.1, 0.15) is 35.9 Å². The van der Waals surface area contributed by atoms with Gasteiger partial charge in [-0.25, -0.2) is 9.59 Å². The lowest BCUT2D eigenvalue weighted by Gasteiger charge is -2.63. The summed E-state index contributed by atoms with van der Waals surface area (Å²) in [6.07, 6.45) is -1.28. The highest BCUT2D eigenvalue weighted by atomic mass is 16.6. The van der Waals surface area contributed by atoms with E-state index in [2.05, 4.69) is 4.98 Å². The van der Waals surface area contributed by atoms with Crippen molar-refractivity contribution in [2.45, 2.75) is 90.0 Å². The lowest BCUT2D eigenvalue weighted by molar-refractivity contribution is -0.313. The molecule has 2 aliphatic carbocycles. The number of carbonyl (C=O) groups excluding carboxylic acids is 5. The smallest absolute Gasteiger partial charge is 0.339 e. The Hall–Kier alpha value is -4.32. The molecule has 0 unspecified atom stereocenters. The van der Waals surface area contributed by atoms with Gasteiger partial charge < -0.3 is 28.4 Å². The predicted octanol–water partition coefficient (Wildman–Crippen LogP) is 3.85. The van der Waals surface area contributed by atoms with Crippen LogP contribution in [0, 0.1) is 17.3 Å². The molecule has 0 N–H and O–H groups in total. The maximum absolute atomic E-state index is 13.8. The second-order valence-electron chi connectivity index (χ2n) is 12.8. The van der Waals surface area contributed by atoms with Crippen LogP contribution in [-0.4, -0.2) is 77.1 Å². The highest BCUT2D eigenvalue weighted by molar-refractivity contribution is 5.90. The molecule has 1 aliphatic heterocycles. The van der Waals surface area contributed by atoms with E-state index in [9.17, 15) is 24.0 Å². The average Bonchev–Trinajstić information content (AvgIpc) is 3.20. The van der Waals surface area contributed by atoms with E-state index < -0.39 is 89.3 Å². The lowest BCUT2D eigenvalue weighted by Crippen LogP contribution is -2.79. The first-order chi connectivity index (χ1) is 21.7. The number of rotatable bonds is 8. The van der Waals surface area contributed by atoms with E-state index in [-0.39, 0.29) is 17.5 Å². The summed E-state index contributed by atoms with van der Waals surface area (Å²) in [5, 5.41) is 0. The fourth-order valence-corrected chi connectivity index (χ4v) is 7.97. The summed E-state index contributed by atoms with van der Waals surface area (Å²) in [5.41, 5.74) is -4.01. The Balaban J connectivity index is 1.77.